The van der Waals surface area contributed by atoms with E-state index in [0.29, 0.717) is 24.2 Å². The van der Waals surface area contributed by atoms with Crippen molar-refractivity contribution in [3.8, 4) is 0 Å². The molecule has 1 aromatic heterocycles. The summed E-state index contributed by atoms with van der Waals surface area (Å²) in [4.78, 5) is 11.2. The van der Waals surface area contributed by atoms with Gasteiger partial charge in [-0.25, -0.2) is 4.79 Å². The summed E-state index contributed by atoms with van der Waals surface area (Å²) in [6.45, 7) is 3.24. The van der Waals surface area contributed by atoms with Gasteiger partial charge in [-0.3, -0.25) is 4.68 Å². The molecule has 6 nitrogen and oxygen atoms in total. The SMILES string of the molecule is Cc1nn(C)c(NCCC2CCCO2)c1C(=O)O. The van der Waals surface area contributed by atoms with Crippen LogP contribution in [0.15, 0.2) is 0 Å². The number of aromatic carboxylic acids is 1. The number of aromatic nitrogens is 2. The summed E-state index contributed by atoms with van der Waals surface area (Å²) in [5, 5.41) is 16.4. The maximum atomic E-state index is 11.2. The fourth-order valence-electron chi connectivity index (χ4n) is 2.34. The van der Waals surface area contributed by atoms with E-state index in [1.807, 2.05) is 0 Å². The van der Waals surface area contributed by atoms with Crippen LogP contribution in [0.2, 0.25) is 0 Å². The first-order chi connectivity index (χ1) is 8.59. The van der Waals surface area contributed by atoms with Crippen LogP contribution < -0.4 is 5.32 Å². The molecule has 100 valence electrons. The predicted octanol–water partition coefficient (Wildman–Crippen LogP) is 1.41. The number of hydrogen-bond donors (Lipinski definition) is 2. The van der Waals surface area contributed by atoms with E-state index in [9.17, 15) is 4.79 Å². The van der Waals surface area contributed by atoms with Gasteiger partial charge in [0.25, 0.3) is 0 Å². The van der Waals surface area contributed by atoms with Gasteiger partial charge in [-0.15, -0.1) is 0 Å². The van der Waals surface area contributed by atoms with Crippen molar-refractivity contribution in [2.24, 2.45) is 7.05 Å². The summed E-state index contributed by atoms with van der Waals surface area (Å²) < 4.78 is 7.10. The third kappa shape index (κ3) is 2.64. The number of aryl methyl sites for hydroxylation is 2. The van der Waals surface area contributed by atoms with E-state index in [4.69, 9.17) is 9.84 Å². The highest BCUT2D eigenvalue weighted by atomic mass is 16.5. The first kappa shape index (κ1) is 12.9. The average molecular weight is 253 g/mol. The minimum absolute atomic E-state index is 0.254. The molecule has 0 amide bonds. The molecule has 1 aliphatic rings. The fraction of sp³-hybridized carbons (Fsp3) is 0.667. The number of hydrogen-bond acceptors (Lipinski definition) is 4. The Morgan fingerprint density at radius 2 is 2.44 bits per heavy atom. The van der Waals surface area contributed by atoms with Gasteiger partial charge < -0.3 is 15.2 Å². The Morgan fingerprint density at radius 3 is 3.06 bits per heavy atom. The Balaban J connectivity index is 1.97. The fourth-order valence-corrected chi connectivity index (χ4v) is 2.34. The molecule has 1 saturated heterocycles. The van der Waals surface area contributed by atoms with Crippen LogP contribution in [0, 0.1) is 6.92 Å². The summed E-state index contributed by atoms with van der Waals surface area (Å²) in [6, 6.07) is 0. The maximum Gasteiger partial charge on any atom is 0.341 e. The zero-order valence-electron chi connectivity index (χ0n) is 10.8. The minimum Gasteiger partial charge on any atom is -0.477 e. The van der Waals surface area contributed by atoms with Crippen molar-refractivity contribution in [1.82, 2.24) is 9.78 Å². The Labute approximate surface area is 106 Å². The number of nitrogens with zero attached hydrogens (tertiary/aromatic N) is 2. The minimum atomic E-state index is -0.944. The van der Waals surface area contributed by atoms with Gasteiger partial charge in [0, 0.05) is 20.2 Å². The lowest BCUT2D eigenvalue weighted by molar-refractivity contribution is 0.0697. The number of carboxylic acid groups (broad SMARTS) is 1. The first-order valence-electron chi connectivity index (χ1n) is 6.22. The summed E-state index contributed by atoms with van der Waals surface area (Å²) in [5.74, 6) is -0.377. The van der Waals surface area contributed by atoms with Crippen molar-refractivity contribution in [2.45, 2.75) is 32.3 Å². The highest BCUT2D eigenvalue weighted by molar-refractivity contribution is 5.94. The normalized spacial score (nSPS) is 19.1. The first-order valence-corrected chi connectivity index (χ1v) is 6.22. The van der Waals surface area contributed by atoms with Crippen molar-refractivity contribution >= 4 is 11.8 Å². The summed E-state index contributed by atoms with van der Waals surface area (Å²) in [7, 11) is 1.74. The van der Waals surface area contributed by atoms with E-state index in [0.717, 1.165) is 25.9 Å². The molecule has 2 N–H and O–H groups in total. The van der Waals surface area contributed by atoms with Crippen LogP contribution in [0.3, 0.4) is 0 Å². The number of ether oxygens (including phenoxy) is 1. The van der Waals surface area contributed by atoms with Crippen LogP contribution in [-0.4, -0.2) is 40.1 Å². The molecule has 1 fully saturated rings. The Bertz CT molecular complexity index is 436. The lowest BCUT2D eigenvalue weighted by atomic mass is 10.2. The van der Waals surface area contributed by atoms with Crippen LogP contribution in [-0.2, 0) is 11.8 Å². The lowest BCUT2D eigenvalue weighted by Crippen LogP contribution is -2.15. The largest absolute Gasteiger partial charge is 0.477 e. The molecule has 0 radical (unpaired) electrons. The van der Waals surface area contributed by atoms with E-state index in [1.54, 1.807) is 18.7 Å². The van der Waals surface area contributed by atoms with Gasteiger partial charge in [-0.2, -0.15) is 5.10 Å². The number of anilines is 1. The van der Waals surface area contributed by atoms with Crippen molar-refractivity contribution in [3.63, 3.8) is 0 Å². The van der Waals surface area contributed by atoms with E-state index >= 15 is 0 Å². The standard InChI is InChI=1S/C12H19N3O3/c1-8-10(12(16)17)11(15(2)14-8)13-6-5-9-4-3-7-18-9/h9,13H,3-7H2,1-2H3,(H,16,17). The van der Waals surface area contributed by atoms with Gasteiger partial charge in [0.05, 0.1) is 11.8 Å². The molecule has 0 aliphatic carbocycles. The number of carbonyl (C=O) groups is 1. The van der Waals surface area contributed by atoms with Gasteiger partial charge >= 0.3 is 5.97 Å². The molecular weight excluding hydrogens is 234 g/mol. The molecule has 2 heterocycles. The number of rotatable bonds is 5. The Kier molecular flexibility index (Phi) is 3.86. The van der Waals surface area contributed by atoms with Crippen LogP contribution in [0.4, 0.5) is 5.82 Å². The second-order valence-corrected chi connectivity index (χ2v) is 4.59. The van der Waals surface area contributed by atoms with Crippen LogP contribution in [0.25, 0.3) is 0 Å². The number of nitrogens with one attached hydrogen (secondary N) is 1. The maximum absolute atomic E-state index is 11.2. The van der Waals surface area contributed by atoms with Gasteiger partial charge in [-0.1, -0.05) is 0 Å². The van der Waals surface area contributed by atoms with Crippen LogP contribution in [0.5, 0.6) is 0 Å². The third-order valence-electron chi connectivity index (χ3n) is 3.22. The molecule has 1 unspecified atom stereocenters. The van der Waals surface area contributed by atoms with E-state index in [1.165, 1.54) is 0 Å². The van der Waals surface area contributed by atoms with Crippen molar-refractivity contribution < 1.29 is 14.6 Å². The van der Waals surface area contributed by atoms with Crippen molar-refractivity contribution in [3.05, 3.63) is 11.3 Å². The van der Waals surface area contributed by atoms with Crippen molar-refractivity contribution in [1.29, 1.82) is 0 Å². The molecule has 1 aromatic rings. The monoisotopic (exact) mass is 253 g/mol. The second kappa shape index (κ2) is 5.39. The molecule has 2 rings (SSSR count). The van der Waals surface area contributed by atoms with E-state index < -0.39 is 5.97 Å². The topological polar surface area (TPSA) is 76.4 Å². The third-order valence-corrected chi connectivity index (χ3v) is 3.22. The number of carboxylic acids is 1. The van der Waals surface area contributed by atoms with Gasteiger partial charge in [0.1, 0.15) is 11.4 Å². The zero-order valence-corrected chi connectivity index (χ0v) is 10.8. The van der Waals surface area contributed by atoms with Gasteiger partial charge in [-0.05, 0) is 26.2 Å². The molecular formula is C12H19N3O3. The average Bonchev–Trinajstić information content (AvgIpc) is 2.87. The second-order valence-electron chi connectivity index (χ2n) is 4.59. The van der Waals surface area contributed by atoms with E-state index in [2.05, 4.69) is 10.4 Å². The summed E-state index contributed by atoms with van der Waals surface area (Å²) in [5.41, 5.74) is 0.787. The van der Waals surface area contributed by atoms with Crippen LogP contribution >= 0.6 is 0 Å². The highest BCUT2D eigenvalue weighted by Crippen LogP contribution is 2.20. The molecule has 0 spiro atoms. The lowest BCUT2D eigenvalue weighted by Gasteiger charge is -2.11. The highest BCUT2D eigenvalue weighted by Gasteiger charge is 2.20. The Morgan fingerprint density at radius 1 is 1.67 bits per heavy atom. The van der Waals surface area contributed by atoms with Crippen molar-refractivity contribution in [2.75, 3.05) is 18.5 Å². The molecule has 0 saturated carbocycles. The summed E-state index contributed by atoms with van der Waals surface area (Å²) in [6.07, 6.45) is 3.41. The molecule has 0 aromatic carbocycles. The summed E-state index contributed by atoms with van der Waals surface area (Å²) >= 11 is 0. The van der Waals surface area contributed by atoms with Gasteiger partial charge in [0.2, 0.25) is 0 Å². The molecule has 1 aliphatic heterocycles. The van der Waals surface area contributed by atoms with Crippen LogP contribution in [0.1, 0.15) is 35.3 Å². The van der Waals surface area contributed by atoms with Gasteiger partial charge in [0.15, 0.2) is 0 Å². The van der Waals surface area contributed by atoms with E-state index in [-0.39, 0.29) is 5.56 Å². The smallest absolute Gasteiger partial charge is 0.341 e. The molecule has 18 heavy (non-hydrogen) atoms. The zero-order chi connectivity index (χ0) is 13.1. The Hall–Kier alpha value is -1.56. The molecule has 1 atom stereocenters. The quantitative estimate of drug-likeness (QED) is 0.829. The predicted molar refractivity (Wildman–Crippen MR) is 67.0 cm³/mol. The molecule has 0 bridgehead atoms. The molecule has 6 heteroatoms.